The Bertz CT molecular complexity index is 8360. The molecule has 0 fully saturated rings. The maximum absolute atomic E-state index is 12.9. The van der Waals surface area contributed by atoms with Crippen LogP contribution < -0.4 is 28.7 Å². The van der Waals surface area contributed by atoms with Crippen molar-refractivity contribution < 1.29 is 62.8 Å². The van der Waals surface area contributed by atoms with Gasteiger partial charge in [0, 0.05) is 116 Å². The zero-order chi connectivity index (χ0) is 107. The zero-order valence-corrected chi connectivity index (χ0v) is 82.4. The number of aliphatic carboxylic acids is 2. The van der Waals surface area contributed by atoms with Gasteiger partial charge < -0.3 is 48.4 Å². The number of esters is 2. The highest BCUT2D eigenvalue weighted by Gasteiger charge is 2.27. The van der Waals surface area contributed by atoms with Crippen molar-refractivity contribution in [3.8, 4) is 18.2 Å². The van der Waals surface area contributed by atoms with Crippen LogP contribution in [0.2, 0.25) is 0 Å². The van der Waals surface area contributed by atoms with Gasteiger partial charge in [0.05, 0.1) is 93.6 Å². The number of aryl methyl sites for hydroxylation is 6. The van der Waals surface area contributed by atoms with Crippen molar-refractivity contribution in [2.24, 2.45) is 28.7 Å². The van der Waals surface area contributed by atoms with Gasteiger partial charge in [-0.2, -0.15) is 15.8 Å². The number of hydrogen-bond donors (Lipinski definition) is 7. The van der Waals surface area contributed by atoms with Crippen LogP contribution in [0.3, 0.4) is 0 Å². The molecule has 0 aliphatic rings. The molecule has 0 spiro atoms. The summed E-state index contributed by atoms with van der Waals surface area (Å²) in [7, 11) is 0. The summed E-state index contributed by atoms with van der Waals surface area (Å²) in [6.07, 6.45) is 27.9. The number of amides is 5. The Morgan fingerprint density at radius 1 is 0.282 bits per heavy atom. The van der Waals surface area contributed by atoms with Crippen molar-refractivity contribution in [1.29, 1.82) is 15.8 Å². The molecule has 39 nitrogen and oxygen atoms in total. The van der Waals surface area contributed by atoms with Crippen LogP contribution in [-0.4, -0.2) is 161 Å². The molecular formula is C110H96N26O13. The second-order valence-electron chi connectivity index (χ2n) is 35.1. The minimum absolute atomic E-state index is 0.0547. The fourth-order valence-corrected chi connectivity index (χ4v) is 14.7. The molecule has 5 amide bonds. The van der Waals surface area contributed by atoms with E-state index in [1.165, 1.54) is 64.3 Å². The van der Waals surface area contributed by atoms with Gasteiger partial charge in [0.2, 0.25) is 11.8 Å². The number of nitrogens with two attached hydrogens (primary N) is 5. The first kappa shape index (κ1) is 106. The molecule has 0 aliphatic carbocycles. The van der Waals surface area contributed by atoms with Crippen LogP contribution in [-0.2, 0) is 38.2 Å². The Morgan fingerprint density at radius 2 is 0.477 bits per heavy atom. The van der Waals surface area contributed by atoms with Gasteiger partial charge in [0.15, 0.2) is 0 Å². The highest BCUT2D eigenvalue weighted by atomic mass is 16.6. The topological polar surface area (TPSA) is 595 Å². The second kappa shape index (κ2) is 46.3. The average molecular weight is 1990 g/mol. The molecule has 12 N–H and O–H groups in total. The highest BCUT2D eigenvalue weighted by molar-refractivity contribution is 6.26. The molecule has 39 heteroatoms. The number of carbonyl (C=O) groups is 9. The number of nitriles is 3. The predicted molar refractivity (Wildman–Crippen MR) is 557 cm³/mol. The van der Waals surface area contributed by atoms with Gasteiger partial charge in [0.1, 0.15) is 97.5 Å². The van der Waals surface area contributed by atoms with Crippen molar-refractivity contribution in [2.45, 2.75) is 94.3 Å². The van der Waals surface area contributed by atoms with Gasteiger partial charge in [0.25, 0.3) is 17.7 Å². The summed E-state index contributed by atoms with van der Waals surface area (Å²) in [5.41, 5.74) is 44.3. The lowest BCUT2D eigenvalue weighted by Crippen LogP contribution is -2.24. The van der Waals surface area contributed by atoms with E-state index in [1.54, 1.807) is 197 Å². The third-order valence-corrected chi connectivity index (χ3v) is 21.4. The van der Waals surface area contributed by atoms with Gasteiger partial charge in [-0.3, -0.25) is 80.3 Å². The van der Waals surface area contributed by atoms with Crippen molar-refractivity contribution in [3.05, 3.63) is 392 Å². The summed E-state index contributed by atoms with van der Waals surface area (Å²) in [6.45, 7) is 22.0. The second-order valence-corrected chi connectivity index (χ2v) is 35.1. The molecule has 0 bridgehead atoms. The van der Waals surface area contributed by atoms with Crippen LogP contribution in [0.15, 0.2) is 256 Å². The zero-order valence-electron chi connectivity index (χ0n) is 82.4. The van der Waals surface area contributed by atoms with Gasteiger partial charge >= 0.3 is 23.9 Å². The average Bonchev–Trinajstić information content (AvgIpc) is 1.70. The standard InChI is InChI=1S/C21H22N4O3.C21H20N4O2.C17H15N5O2.C17H13N5O.C17H14N4O3.C17H12N4O2/c1-13-6-5-7-15(24-13)10-16(20(27)28-21(2,3)4)14-8-9-18-23-11-17(19(22)26)25(18)12-14;1-14-6-5-7-16(24-14)10-18(20(26)27-21(2,3)4)15-8-9-19-23-12-17(11-22)25(19)13-15;1-10-3-2-4-12(21-10)7-13(16(18)23)11-5-6-15-20-8-14(17(19)24)22(15)9-11;1-11-3-2-4-13(21-11)7-15(17(19)23)12-5-6-16-20-9-14(8-18)22(16)10-12;1-10-3-2-4-12(20-10)7-13(17(23)24)11-5-6-15-19-8-14(16(18)22)21(15)9-11;1-11-3-2-4-13(20-11)7-15(17(22)23)12-5-6-16-19-9-14(8-18)21(16)10-12/h5-12H,1-4H3,(H2,22,26);5-10,12-13H,1-4H3;2-9H,1H3,(H2,18,23)(H2,19,24);2-7,9-10H,1H3,(H2,19,23);2-9H,1H3,(H2,18,22)(H,23,24);2-7,9-10H,1H3,(H,22,23)/b16-10+;18-10+;13-7+;15-7+;13-7+;15-7+. The van der Waals surface area contributed by atoms with Gasteiger partial charge in [-0.05, 0) is 265 Å². The molecule has 0 saturated heterocycles. The molecule has 18 aromatic heterocycles. The van der Waals surface area contributed by atoms with Crippen LogP contribution in [0.1, 0.15) is 192 Å². The fourth-order valence-electron chi connectivity index (χ4n) is 14.7. The molecule has 18 aromatic rings. The third-order valence-electron chi connectivity index (χ3n) is 21.4. The van der Waals surface area contributed by atoms with Gasteiger partial charge in [-0.15, -0.1) is 0 Å². The molecule has 744 valence electrons. The van der Waals surface area contributed by atoms with E-state index < -0.39 is 64.6 Å². The van der Waals surface area contributed by atoms with Crippen LogP contribution in [0.25, 0.3) is 104 Å². The van der Waals surface area contributed by atoms with E-state index in [4.69, 9.17) is 48.7 Å². The normalized spacial score (nSPS) is 11.7. The van der Waals surface area contributed by atoms with Crippen molar-refractivity contribution in [2.75, 3.05) is 0 Å². The number of carboxylic acids is 2. The van der Waals surface area contributed by atoms with Gasteiger partial charge in [-0.1, -0.05) is 36.4 Å². The molecular weight excluding hydrogens is 1890 g/mol. The van der Waals surface area contributed by atoms with E-state index in [-0.39, 0.29) is 33.8 Å². The van der Waals surface area contributed by atoms with Gasteiger partial charge in [-0.25, -0.2) is 49.1 Å². The van der Waals surface area contributed by atoms with Crippen molar-refractivity contribution >= 4 is 157 Å². The first-order valence-electron chi connectivity index (χ1n) is 45.4. The largest absolute Gasteiger partial charge is 0.478 e. The molecule has 149 heavy (non-hydrogen) atoms. The van der Waals surface area contributed by atoms with Crippen molar-refractivity contribution in [1.82, 2.24) is 86.2 Å². The number of imidazole rings is 6. The monoisotopic (exact) mass is 1990 g/mol. The SMILES string of the molecule is Cc1cccc(/C=C(/C(=O)O)c2ccc3ncc(C#N)n3c2)n1.Cc1cccc(/C=C(/C(=O)O)c2ccc3ncc(C(N)=O)n3c2)n1.Cc1cccc(/C=C(/C(=O)OC(C)(C)C)c2ccc3ncc(C#N)n3c2)n1.Cc1cccc(/C=C(/C(=O)OC(C)(C)C)c2ccc3ncc(C(N)=O)n3c2)n1.Cc1cccc(/C=C(/C(N)=O)c2ccc3ncc(C#N)n3c2)n1.Cc1cccc(/C=C(/C(N)=O)c2ccc3ncc(C(N)=O)n3c2)n1. The minimum atomic E-state index is -1.10. The number of ether oxygens (including phenoxy) is 2. The number of fused-ring (bicyclic) bond motifs is 6. The molecule has 0 aliphatic heterocycles. The van der Waals surface area contributed by atoms with Crippen LogP contribution >= 0.6 is 0 Å². The third kappa shape index (κ3) is 27.1. The summed E-state index contributed by atoms with van der Waals surface area (Å²) < 4.78 is 20.5. The molecule has 0 saturated carbocycles. The first-order chi connectivity index (χ1) is 71.0. The van der Waals surface area contributed by atoms with Crippen LogP contribution in [0.5, 0.6) is 0 Å². The lowest BCUT2D eigenvalue weighted by Gasteiger charge is -2.21. The Hall–Kier alpha value is -20.8. The van der Waals surface area contributed by atoms with E-state index in [0.29, 0.717) is 135 Å². The van der Waals surface area contributed by atoms with E-state index in [0.717, 1.165) is 34.2 Å². The van der Waals surface area contributed by atoms with Crippen LogP contribution in [0, 0.1) is 75.5 Å². The Morgan fingerprint density at radius 3 is 0.678 bits per heavy atom. The summed E-state index contributed by atoms with van der Waals surface area (Å²) in [5, 5.41) is 46.5. The first-order valence-corrected chi connectivity index (χ1v) is 45.4. The van der Waals surface area contributed by atoms with Crippen LogP contribution in [0.4, 0.5) is 0 Å². The number of carbonyl (C=O) groups excluding carboxylic acids is 7. The number of carboxylic acid groups (broad SMARTS) is 2. The maximum atomic E-state index is 12.9. The molecule has 0 unspecified atom stereocenters. The lowest BCUT2D eigenvalue weighted by atomic mass is 10.1. The summed E-state index contributed by atoms with van der Waals surface area (Å²) >= 11 is 0. The minimum Gasteiger partial charge on any atom is -0.478 e. The number of primary amides is 5. The number of hydrogen-bond acceptors (Lipinski definition) is 26. The molecule has 0 aromatic carbocycles. The molecule has 18 rings (SSSR count). The molecule has 0 atom stereocenters. The Balaban J connectivity index is 0.000000149. The summed E-state index contributed by atoms with van der Waals surface area (Å²) in [5.74, 6) is -6.12. The smallest absolute Gasteiger partial charge is 0.339 e. The number of aromatic nitrogens is 18. The highest BCUT2D eigenvalue weighted by Crippen LogP contribution is 2.30. The van der Waals surface area contributed by atoms with Crippen molar-refractivity contribution in [3.63, 3.8) is 0 Å². The number of rotatable bonds is 21. The molecule has 18 heterocycles. The van der Waals surface area contributed by atoms with E-state index in [9.17, 15) is 58.6 Å². The quantitative estimate of drug-likeness (QED) is 0.0259. The lowest BCUT2D eigenvalue weighted by molar-refractivity contribution is -0.148. The van der Waals surface area contributed by atoms with E-state index in [1.807, 2.05) is 147 Å². The predicted octanol–water partition coefficient (Wildman–Crippen LogP) is 14.2. The fraction of sp³-hybridized carbons (Fsp3) is 0.127. The number of pyridine rings is 12. The number of nitrogens with zero attached hydrogens (tertiary/aromatic N) is 21. The van der Waals surface area contributed by atoms with E-state index in [2.05, 4.69) is 71.9 Å². The maximum Gasteiger partial charge on any atom is 0.339 e. The Labute approximate surface area is 850 Å². The molecule has 0 radical (unpaired) electrons. The summed E-state index contributed by atoms with van der Waals surface area (Å²) in [4.78, 5) is 158. The Kier molecular flexibility index (Phi) is 32.8. The van der Waals surface area contributed by atoms with E-state index >= 15 is 0 Å². The summed E-state index contributed by atoms with van der Waals surface area (Å²) in [6, 6.07) is 59.6.